The van der Waals surface area contributed by atoms with Gasteiger partial charge in [-0.1, -0.05) is 6.07 Å². The molecule has 1 aromatic rings. The molecule has 1 atom stereocenters. The number of benzene rings is 1. The Kier molecular flexibility index (Phi) is 7.35. The van der Waals surface area contributed by atoms with Gasteiger partial charge in [-0.3, -0.25) is 4.79 Å². The highest BCUT2D eigenvalue weighted by Gasteiger charge is 2.35. The Hall–Kier alpha value is -1.96. The summed E-state index contributed by atoms with van der Waals surface area (Å²) in [5.74, 6) is 0.500. The number of alkyl halides is 3. The molecule has 0 aliphatic carbocycles. The molecule has 1 fully saturated rings. The number of nitrogens with zero attached hydrogens (tertiary/aromatic N) is 2. The first-order valence-corrected chi connectivity index (χ1v) is 8.99. The van der Waals surface area contributed by atoms with Crippen molar-refractivity contribution in [3.63, 3.8) is 0 Å². The van der Waals surface area contributed by atoms with Crippen LogP contribution in [-0.4, -0.2) is 68.8 Å². The fourth-order valence-electron chi connectivity index (χ4n) is 3.35. The van der Waals surface area contributed by atoms with Crippen molar-refractivity contribution in [2.75, 3.05) is 40.9 Å². The molecular formula is C19H27F3N2O3. The zero-order valence-corrected chi connectivity index (χ0v) is 16.0. The third kappa shape index (κ3) is 6.30. The first kappa shape index (κ1) is 21.3. The van der Waals surface area contributed by atoms with Crippen molar-refractivity contribution in [2.45, 2.75) is 37.9 Å². The maximum absolute atomic E-state index is 12.5. The zero-order chi connectivity index (χ0) is 20.0. The lowest BCUT2D eigenvalue weighted by atomic mass is 10.0. The lowest BCUT2D eigenvalue weighted by molar-refractivity contribution is -0.162. The van der Waals surface area contributed by atoms with Crippen LogP contribution in [0.3, 0.4) is 0 Å². The van der Waals surface area contributed by atoms with Gasteiger partial charge in [-0.25, -0.2) is 0 Å². The van der Waals surface area contributed by atoms with Crippen LogP contribution in [0.2, 0.25) is 0 Å². The molecular weight excluding hydrogens is 361 g/mol. The molecule has 0 saturated carbocycles. The molecule has 1 aliphatic rings. The van der Waals surface area contributed by atoms with Gasteiger partial charge in [0.25, 0.3) is 0 Å². The summed E-state index contributed by atoms with van der Waals surface area (Å²) in [6.07, 6.45) is -3.48. The van der Waals surface area contributed by atoms with Crippen LogP contribution in [0.25, 0.3) is 0 Å². The molecule has 0 N–H and O–H groups in total. The standard InChI is InChI=1S/C19H27F3N2O3/c1-23(10-8-14-6-7-16(26-2)17(11-14)27-3)15-5-4-9-24(13-15)18(25)12-19(20,21)22/h6-7,11,15H,4-5,8-10,12-13H2,1-3H3. The Morgan fingerprint density at radius 3 is 2.59 bits per heavy atom. The third-order valence-electron chi connectivity index (χ3n) is 4.93. The Bertz CT molecular complexity index is 637. The van der Waals surface area contributed by atoms with E-state index in [2.05, 4.69) is 4.90 Å². The van der Waals surface area contributed by atoms with Gasteiger partial charge in [0.05, 0.1) is 14.2 Å². The lowest BCUT2D eigenvalue weighted by Crippen LogP contribution is -2.49. The number of halogens is 3. The van der Waals surface area contributed by atoms with Crippen LogP contribution < -0.4 is 9.47 Å². The summed E-state index contributed by atoms with van der Waals surface area (Å²) in [5, 5.41) is 0. The number of hydrogen-bond acceptors (Lipinski definition) is 4. The van der Waals surface area contributed by atoms with Gasteiger partial charge in [-0.15, -0.1) is 0 Å². The van der Waals surface area contributed by atoms with Gasteiger partial charge in [0.15, 0.2) is 11.5 Å². The van der Waals surface area contributed by atoms with Gasteiger partial charge in [-0.05, 0) is 44.0 Å². The Labute approximate surface area is 158 Å². The van der Waals surface area contributed by atoms with Gasteiger partial charge in [0, 0.05) is 25.7 Å². The van der Waals surface area contributed by atoms with Crippen molar-refractivity contribution >= 4 is 5.91 Å². The van der Waals surface area contributed by atoms with Crippen LogP contribution in [-0.2, 0) is 11.2 Å². The predicted molar refractivity (Wildman–Crippen MR) is 96.2 cm³/mol. The Morgan fingerprint density at radius 2 is 1.96 bits per heavy atom. The largest absolute Gasteiger partial charge is 0.493 e. The number of likely N-dealkylation sites (tertiary alicyclic amines) is 1. The molecule has 2 rings (SSSR count). The Morgan fingerprint density at radius 1 is 1.26 bits per heavy atom. The number of rotatable bonds is 7. The summed E-state index contributed by atoms with van der Waals surface area (Å²) in [6.45, 7) is 1.48. The topological polar surface area (TPSA) is 42.0 Å². The lowest BCUT2D eigenvalue weighted by Gasteiger charge is -2.38. The van der Waals surface area contributed by atoms with Gasteiger partial charge in [0.1, 0.15) is 6.42 Å². The highest BCUT2D eigenvalue weighted by Crippen LogP contribution is 2.28. The average Bonchev–Trinajstić information content (AvgIpc) is 2.64. The molecule has 152 valence electrons. The molecule has 5 nitrogen and oxygen atoms in total. The number of hydrogen-bond donors (Lipinski definition) is 0. The minimum absolute atomic E-state index is 0.0658. The van der Waals surface area contributed by atoms with E-state index in [-0.39, 0.29) is 6.04 Å². The number of ether oxygens (including phenoxy) is 2. The summed E-state index contributed by atoms with van der Waals surface area (Å²) in [5.41, 5.74) is 1.08. The third-order valence-corrected chi connectivity index (χ3v) is 4.93. The fourth-order valence-corrected chi connectivity index (χ4v) is 3.35. The number of carbonyl (C=O) groups is 1. The molecule has 0 bridgehead atoms. The number of methoxy groups -OCH3 is 2. The van der Waals surface area contributed by atoms with Crippen molar-refractivity contribution in [1.82, 2.24) is 9.80 Å². The molecule has 0 radical (unpaired) electrons. The minimum Gasteiger partial charge on any atom is -0.493 e. The first-order chi connectivity index (χ1) is 12.7. The van der Waals surface area contributed by atoms with Crippen LogP contribution in [0.5, 0.6) is 11.5 Å². The maximum Gasteiger partial charge on any atom is 0.397 e. The van der Waals surface area contributed by atoms with E-state index in [4.69, 9.17) is 9.47 Å². The van der Waals surface area contributed by atoms with E-state index in [1.165, 1.54) is 4.90 Å². The summed E-state index contributed by atoms with van der Waals surface area (Å²) in [6, 6.07) is 5.81. The summed E-state index contributed by atoms with van der Waals surface area (Å²) in [4.78, 5) is 15.3. The van der Waals surface area contributed by atoms with Gasteiger partial charge in [-0.2, -0.15) is 13.2 Å². The molecule has 8 heteroatoms. The van der Waals surface area contributed by atoms with E-state index < -0.39 is 18.5 Å². The van der Waals surface area contributed by atoms with Crippen molar-refractivity contribution < 1.29 is 27.4 Å². The Balaban J connectivity index is 1.90. The van der Waals surface area contributed by atoms with Crippen LogP contribution in [0, 0.1) is 0 Å². The first-order valence-electron chi connectivity index (χ1n) is 8.99. The molecule has 27 heavy (non-hydrogen) atoms. The molecule has 0 aromatic heterocycles. The van der Waals surface area contributed by atoms with E-state index in [0.29, 0.717) is 24.6 Å². The maximum atomic E-state index is 12.5. The van der Waals surface area contributed by atoms with Crippen molar-refractivity contribution in [3.05, 3.63) is 23.8 Å². The average molecular weight is 388 g/mol. The minimum atomic E-state index is -4.46. The quantitative estimate of drug-likeness (QED) is 0.720. The summed E-state index contributed by atoms with van der Waals surface area (Å²) < 4.78 is 47.9. The molecule has 1 amide bonds. The van der Waals surface area contributed by atoms with Crippen molar-refractivity contribution in [3.8, 4) is 11.5 Å². The second-order valence-corrected chi connectivity index (χ2v) is 6.85. The van der Waals surface area contributed by atoms with Gasteiger partial charge < -0.3 is 19.3 Å². The van der Waals surface area contributed by atoms with E-state index in [9.17, 15) is 18.0 Å². The number of amides is 1. The van der Waals surface area contributed by atoms with Crippen LogP contribution in [0.4, 0.5) is 13.2 Å². The SMILES string of the molecule is COc1ccc(CCN(C)C2CCCN(C(=O)CC(F)(F)F)C2)cc1OC. The molecule has 1 heterocycles. The highest BCUT2D eigenvalue weighted by molar-refractivity contribution is 5.77. The number of likely N-dealkylation sites (N-methyl/N-ethyl adjacent to an activating group) is 1. The molecule has 1 aromatic carbocycles. The monoisotopic (exact) mass is 388 g/mol. The van der Waals surface area contributed by atoms with E-state index in [1.807, 2.05) is 25.2 Å². The highest BCUT2D eigenvalue weighted by atomic mass is 19.4. The van der Waals surface area contributed by atoms with Crippen LogP contribution in [0.1, 0.15) is 24.8 Å². The molecule has 0 spiro atoms. The summed E-state index contributed by atoms with van der Waals surface area (Å²) in [7, 11) is 5.12. The normalized spacial score (nSPS) is 17.9. The summed E-state index contributed by atoms with van der Waals surface area (Å²) >= 11 is 0. The molecule has 1 unspecified atom stereocenters. The van der Waals surface area contributed by atoms with Crippen molar-refractivity contribution in [2.24, 2.45) is 0 Å². The van der Waals surface area contributed by atoms with Crippen LogP contribution in [0.15, 0.2) is 18.2 Å². The van der Waals surface area contributed by atoms with Gasteiger partial charge >= 0.3 is 6.18 Å². The van der Waals surface area contributed by atoms with Crippen LogP contribution >= 0.6 is 0 Å². The van der Waals surface area contributed by atoms with Gasteiger partial charge in [0.2, 0.25) is 5.91 Å². The zero-order valence-electron chi connectivity index (χ0n) is 16.0. The predicted octanol–water partition coefficient (Wildman–Crippen LogP) is 3.12. The smallest absolute Gasteiger partial charge is 0.397 e. The number of carbonyl (C=O) groups excluding carboxylic acids is 1. The van der Waals surface area contributed by atoms with Crippen molar-refractivity contribution in [1.29, 1.82) is 0 Å². The second kappa shape index (κ2) is 9.30. The molecule has 1 saturated heterocycles. The van der Waals surface area contributed by atoms with E-state index in [1.54, 1.807) is 14.2 Å². The van der Waals surface area contributed by atoms with E-state index >= 15 is 0 Å². The molecule has 1 aliphatic heterocycles. The number of piperidine rings is 1. The fraction of sp³-hybridized carbons (Fsp3) is 0.632. The second-order valence-electron chi connectivity index (χ2n) is 6.85. The van der Waals surface area contributed by atoms with E-state index in [0.717, 1.165) is 31.4 Å².